The lowest BCUT2D eigenvalue weighted by molar-refractivity contribution is -0.141. The van der Waals surface area contributed by atoms with Gasteiger partial charge in [-0.3, -0.25) is 9.59 Å². The summed E-state index contributed by atoms with van der Waals surface area (Å²) in [4.78, 5) is 21.2. The van der Waals surface area contributed by atoms with E-state index in [9.17, 15) is 9.59 Å². The number of carbonyl (C=O) groups is 2. The maximum absolute atomic E-state index is 10.9. The maximum Gasteiger partial charge on any atom is 0.305 e. The number of carboxylic acids is 1. The Labute approximate surface area is 267 Å². The summed E-state index contributed by atoms with van der Waals surface area (Å²) in [6.07, 6.45) is 45.4. The highest BCUT2D eigenvalue weighted by Gasteiger charge is 1.99. The Morgan fingerprint density at radius 2 is 0.767 bits per heavy atom. The maximum atomic E-state index is 10.9. The molecule has 0 aromatic rings. The van der Waals surface area contributed by atoms with E-state index < -0.39 is 5.97 Å². The monoisotopic (exact) mass is 607 g/mol. The number of carboxylic acid groups (broad SMARTS) is 1. The second-order valence-corrected chi connectivity index (χ2v) is 10.9. The van der Waals surface area contributed by atoms with Crippen LogP contribution < -0.4 is 0 Å². The SMILES string of the molecule is CC/C=C/CC/C=C/CCCCCCCCCC(=O)O.CC/C=C/CC/C=C/CCCCCCCCCC(=O)OC.CO. The van der Waals surface area contributed by atoms with E-state index in [0.29, 0.717) is 12.8 Å². The predicted octanol–water partition coefficient (Wildman–Crippen LogP) is 11.5. The fourth-order valence-corrected chi connectivity index (χ4v) is 4.37. The van der Waals surface area contributed by atoms with Crippen molar-refractivity contribution in [3.63, 3.8) is 0 Å². The first kappa shape index (κ1) is 45.3. The lowest BCUT2D eigenvalue weighted by atomic mass is 10.1. The van der Waals surface area contributed by atoms with Crippen LogP contribution in [0.25, 0.3) is 0 Å². The van der Waals surface area contributed by atoms with Crippen molar-refractivity contribution in [1.82, 2.24) is 0 Å². The van der Waals surface area contributed by atoms with Crippen molar-refractivity contribution in [3.8, 4) is 0 Å². The number of carbonyl (C=O) groups excluding carboxylic acids is 1. The number of rotatable bonds is 28. The van der Waals surface area contributed by atoms with Crippen LogP contribution in [-0.4, -0.2) is 36.4 Å². The molecule has 2 N–H and O–H groups in total. The van der Waals surface area contributed by atoms with Crippen molar-refractivity contribution in [2.24, 2.45) is 0 Å². The van der Waals surface area contributed by atoms with Gasteiger partial charge in [-0.15, -0.1) is 0 Å². The number of aliphatic hydroxyl groups excluding tert-OH is 1. The molecule has 0 atom stereocenters. The van der Waals surface area contributed by atoms with Crippen LogP contribution in [0.2, 0.25) is 0 Å². The minimum atomic E-state index is -0.665. The molecule has 0 aliphatic rings. The van der Waals surface area contributed by atoms with Gasteiger partial charge < -0.3 is 14.9 Å². The summed E-state index contributed by atoms with van der Waals surface area (Å²) in [5, 5.41) is 15.5. The molecular weight excluding hydrogens is 536 g/mol. The van der Waals surface area contributed by atoms with Crippen molar-refractivity contribution in [2.45, 2.75) is 168 Å². The molecule has 5 heteroatoms. The topological polar surface area (TPSA) is 83.8 Å². The van der Waals surface area contributed by atoms with E-state index in [2.05, 4.69) is 67.2 Å². The van der Waals surface area contributed by atoms with Crippen LogP contribution in [0.3, 0.4) is 0 Å². The molecule has 0 spiro atoms. The molecule has 0 rings (SSSR count). The molecule has 0 aliphatic carbocycles. The van der Waals surface area contributed by atoms with E-state index in [1.165, 1.54) is 110 Å². The van der Waals surface area contributed by atoms with Crippen LogP contribution in [0.4, 0.5) is 0 Å². The quantitative estimate of drug-likeness (QED) is 0.0526. The van der Waals surface area contributed by atoms with Crippen LogP contribution in [0.15, 0.2) is 48.6 Å². The average molecular weight is 607 g/mol. The summed E-state index contributed by atoms with van der Waals surface area (Å²) < 4.78 is 4.62. The largest absolute Gasteiger partial charge is 0.481 e. The minimum Gasteiger partial charge on any atom is -0.481 e. The number of esters is 1. The standard InChI is InChI=1S/C19H34O2.C18H32O2.CH4O/c1-3-4-5-6-7-8-9-10-11-12-13-14-15-16-17-18-19(20)21-2;1-2-3-4-5-6-7-8-9-10-11-12-13-14-15-16-17-18(19)20;1-2/h4-5,8-9H,3,6-7,10-18H2,1-2H3;3-4,7-8H,2,5-6,9-17H2,1H3,(H,19,20);2H,1H3/b5-4+,9-8+;4-3+,8-7+;. The Bertz CT molecular complexity index is 663. The van der Waals surface area contributed by atoms with Gasteiger partial charge in [-0.1, -0.05) is 127 Å². The molecule has 43 heavy (non-hydrogen) atoms. The number of aliphatic carboxylic acids is 1. The average Bonchev–Trinajstić information content (AvgIpc) is 3.02. The second kappa shape index (κ2) is 44.3. The van der Waals surface area contributed by atoms with Gasteiger partial charge in [-0.25, -0.2) is 0 Å². The molecular formula is C38H70O5. The second-order valence-electron chi connectivity index (χ2n) is 10.9. The molecule has 0 bridgehead atoms. The van der Waals surface area contributed by atoms with Gasteiger partial charge in [0.2, 0.25) is 0 Å². The van der Waals surface area contributed by atoms with Gasteiger partial charge in [0.05, 0.1) is 7.11 Å². The summed E-state index contributed by atoms with van der Waals surface area (Å²) in [5.74, 6) is -0.742. The van der Waals surface area contributed by atoms with Gasteiger partial charge in [0.1, 0.15) is 0 Å². The number of methoxy groups -OCH3 is 1. The van der Waals surface area contributed by atoms with Crippen LogP contribution in [0, 0.1) is 0 Å². The zero-order chi connectivity index (χ0) is 32.5. The van der Waals surface area contributed by atoms with Crippen LogP contribution in [0.1, 0.15) is 168 Å². The van der Waals surface area contributed by atoms with E-state index >= 15 is 0 Å². The summed E-state index contributed by atoms with van der Waals surface area (Å²) >= 11 is 0. The highest BCUT2D eigenvalue weighted by atomic mass is 16.5. The molecule has 0 heterocycles. The molecule has 0 aromatic heterocycles. The third-order valence-electron chi connectivity index (χ3n) is 6.88. The Hall–Kier alpha value is -2.14. The number of allylic oxidation sites excluding steroid dienone is 8. The number of hydrogen-bond acceptors (Lipinski definition) is 4. The molecule has 0 unspecified atom stereocenters. The lowest BCUT2D eigenvalue weighted by Gasteiger charge is -2.01. The molecule has 0 amide bonds. The van der Waals surface area contributed by atoms with E-state index in [4.69, 9.17) is 10.2 Å². The Morgan fingerprint density at radius 3 is 1.12 bits per heavy atom. The van der Waals surface area contributed by atoms with Crippen molar-refractivity contribution in [3.05, 3.63) is 48.6 Å². The zero-order valence-electron chi connectivity index (χ0n) is 28.7. The molecule has 0 saturated heterocycles. The predicted molar refractivity (Wildman–Crippen MR) is 187 cm³/mol. The summed E-state index contributed by atoms with van der Waals surface area (Å²) in [7, 11) is 2.46. The van der Waals surface area contributed by atoms with Crippen molar-refractivity contribution in [1.29, 1.82) is 0 Å². The fourth-order valence-electron chi connectivity index (χ4n) is 4.37. The molecule has 0 aromatic carbocycles. The van der Waals surface area contributed by atoms with Gasteiger partial charge in [0.25, 0.3) is 0 Å². The minimum absolute atomic E-state index is 0.0769. The van der Waals surface area contributed by atoms with Gasteiger partial charge in [-0.2, -0.15) is 0 Å². The van der Waals surface area contributed by atoms with Crippen molar-refractivity contribution >= 4 is 11.9 Å². The normalized spacial score (nSPS) is 11.2. The van der Waals surface area contributed by atoms with Gasteiger partial charge >= 0.3 is 11.9 Å². The van der Waals surface area contributed by atoms with Gasteiger partial charge in [-0.05, 0) is 77.0 Å². The zero-order valence-corrected chi connectivity index (χ0v) is 28.7. The first-order chi connectivity index (χ1) is 21.1. The first-order valence-corrected chi connectivity index (χ1v) is 17.4. The summed E-state index contributed by atoms with van der Waals surface area (Å²) in [5.41, 5.74) is 0. The van der Waals surface area contributed by atoms with Crippen LogP contribution in [-0.2, 0) is 14.3 Å². The van der Waals surface area contributed by atoms with Gasteiger partial charge in [0.15, 0.2) is 0 Å². The number of aliphatic hydroxyl groups is 1. The summed E-state index contributed by atoms with van der Waals surface area (Å²) in [6.45, 7) is 4.34. The molecule has 0 fully saturated rings. The number of hydrogen-bond donors (Lipinski definition) is 2. The first-order valence-electron chi connectivity index (χ1n) is 17.4. The highest BCUT2D eigenvalue weighted by Crippen LogP contribution is 2.11. The molecule has 0 saturated carbocycles. The van der Waals surface area contributed by atoms with Crippen LogP contribution in [0.5, 0.6) is 0 Å². The number of unbranched alkanes of at least 4 members (excludes halogenated alkanes) is 16. The fraction of sp³-hybridized carbons (Fsp3) is 0.737. The molecule has 252 valence electrons. The van der Waals surface area contributed by atoms with Crippen molar-refractivity contribution in [2.75, 3.05) is 14.2 Å². The molecule has 5 nitrogen and oxygen atoms in total. The third kappa shape index (κ3) is 49.8. The Balaban J connectivity index is -0.000000704. The Morgan fingerprint density at radius 1 is 0.465 bits per heavy atom. The van der Waals surface area contributed by atoms with Gasteiger partial charge in [0, 0.05) is 20.0 Å². The Kier molecular flexibility index (Phi) is 46.7. The van der Waals surface area contributed by atoms with Crippen LogP contribution >= 0.6 is 0 Å². The third-order valence-corrected chi connectivity index (χ3v) is 6.88. The van der Waals surface area contributed by atoms with E-state index in [1.54, 1.807) is 0 Å². The van der Waals surface area contributed by atoms with E-state index in [-0.39, 0.29) is 5.97 Å². The lowest BCUT2D eigenvalue weighted by Crippen LogP contribution is -1.99. The summed E-state index contributed by atoms with van der Waals surface area (Å²) in [6, 6.07) is 0. The van der Waals surface area contributed by atoms with E-state index in [1.807, 2.05) is 0 Å². The smallest absolute Gasteiger partial charge is 0.305 e. The molecule has 0 aliphatic heterocycles. The van der Waals surface area contributed by atoms with E-state index in [0.717, 1.165) is 45.6 Å². The highest BCUT2D eigenvalue weighted by molar-refractivity contribution is 5.69. The number of ether oxygens (including phenoxy) is 1. The van der Waals surface area contributed by atoms with Crippen molar-refractivity contribution < 1.29 is 24.5 Å². The molecule has 0 radical (unpaired) electrons.